The molecule has 20 heavy (non-hydrogen) atoms. The summed E-state index contributed by atoms with van der Waals surface area (Å²) >= 11 is 0. The number of nitrogens with zero attached hydrogens (tertiary/aromatic N) is 1. The van der Waals surface area contributed by atoms with Gasteiger partial charge in [0, 0.05) is 12.6 Å². The minimum Gasteiger partial charge on any atom is -0.492 e. The summed E-state index contributed by atoms with van der Waals surface area (Å²) in [5, 5.41) is 0. The summed E-state index contributed by atoms with van der Waals surface area (Å²) < 4.78 is 5.93. The van der Waals surface area contributed by atoms with Gasteiger partial charge < -0.3 is 10.5 Å². The molecule has 2 N–H and O–H groups in total. The molecule has 0 unspecified atom stereocenters. The van der Waals surface area contributed by atoms with Gasteiger partial charge in [-0.2, -0.15) is 0 Å². The zero-order chi connectivity index (χ0) is 13.8. The van der Waals surface area contributed by atoms with E-state index >= 15 is 0 Å². The summed E-state index contributed by atoms with van der Waals surface area (Å²) in [6, 6.07) is 6.66. The number of rotatable bonds is 4. The van der Waals surface area contributed by atoms with Crippen LogP contribution in [0, 0.1) is 0 Å². The van der Waals surface area contributed by atoms with E-state index in [1.807, 2.05) is 0 Å². The maximum atomic E-state index is 6.20. The fourth-order valence-electron chi connectivity index (χ4n) is 3.38. The second-order valence-corrected chi connectivity index (χ2v) is 6.11. The van der Waals surface area contributed by atoms with Crippen molar-refractivity contribution in [3.63, 3.8) is 0 Å². The first kappa shape index (κ1) is 13.9. The molecule has 1 aliphatic carbocycles. The molecule has 2 aliphatic rings. The Morgan fingerprint density at radius 3 is 2.85 bits per heavy atom. The van der Waals surface area contributed by atoms with Crippen molar-refractivity contribution in [3.8, 4) is 5.75 Å². The molecule has 0 saturated carbocycles. The maximum Gasteiger partial charge on any atom is 0.119 e. The van der Waals surface area contributed by atoms with Crippen molar-refractivity contribution in [2.75, 3.05) is 26.2 Å². The lowest BCUT2D eigenvalue weighted by Crippen LogP contribution is -2.33. The van der Waals surface area contributed by atoms with Gasteiger partial charge in [0.25, 0.3) is 0 Å². The van der Waals surface area contributed by atoms with Crippen molar-refractivity contribution >= 4 is 0 Å². The summed E-state index contributed by atoms with van der Waals surface area (Å²) in [6.45, 7) is 4.30. The second-order valence-electron chi connectivity index (χ2n) is 6.11. The number of likely N-dealkylation sites (tertiary alicyclic amines) is 1. The number of piperidine rings is 1. The summed E-state index contributed by atoms with van der Waals surface area (Å²) in [7, 11) is 0. The van der Waals surface area contributed by atoms with Crippen LogP contribution in [0.5, 0.6) is 5.75 Å². The van der Waals surface area contributed by atoms with Crippen molar-refractivity contribution in [1.82, 2.24) is 4.90 Å². The molecule has 0 bridgehead atoms. The summed E-state index contributed by atoms with van der Waals surface area (Å²) in [4.78, 5) is 2.51. The summed E-state index contributed by atoms with van der Waals surface area (Å²) in [6.07, 6.45) is 7.55. The Labute approximate surface area is 122 Å². The topological polar surface area (TPSA) is 38.5 Å². The highest BCUT2D eigenvalue weighted by Crippen LogP contribution is 2.30. The van der Waals surface area contributed by atoms with Crippen LogP contribution >= 0.6 is 0 Å². The van der Waals surface area contributed by atoms with Crippen LogP contribution in [-0.4, -0.2) is 31.1 Å². The van der Waals surface area contributed by atoms with Crippen LogP contribution in [0.4, 0.5) is 0 Å². The largest absolute Gasteiger partial charge is 0.492 e. The molecule has 0 spiro atoms. The monoisotopic (exact) mass is 274 g/mol. The molecular formula is C17H26N2O. The van der Waals surface area contributed by atoms with Gasteiger partial charge >= 0.3 is 0 Å². The molecule has 0 radical (unpaired) electrons. The Balaban J connectivity index is 1.53. The van der Waals surface area contributed by atoms with Crippen molar-refractivity contribution in [2.45, 2.75) is 44.6 Å². The molecule has 1 aromatic carbocycles. The van der Waals surface area contributed by atoms with Gasteiger partial charge in [-0.15, -0.1) is 0 Å². The van der Waals surface area contributed by atoms with Gasteiger partial charge in [0.1, 0.15) is 12.4 Å². The van der Waals surface area contributed by atoms with Crippen LogP contribution in [0.15, 0.2) is 18.2 Å². The van der Waals surface area contributed by atoms with Gasteiger partial charge in [-0.3, -0.25) is 4.90 Å². The van der Waals surface area contributed by atoms with Crippen LogP contribution in [0.3, 0.4) is 0 Å². The molecular weight excluding hydrogens is 248 g/mol. The lowest BCUT2D eigenvalue weighted by Gasteiger charge is -2.26. The molecule has 1 fully saturated rings. The van der Waals surface area contributed by atoms with Crippen molar-refractivity contribution in [3.05, 3.63) is 29.3 Å². The summed E-state index contributed by atoms with van der Waals surface area (Å²) in [5.41, 5.74) is 8.90. The standard InChI is InChI=1S/C17H26N2O/c18-17-6-4-5-14-7-8-15(13-16(14)17)20-12-11-19-9-2-1-3-10-19/h7-8,13,17H,1-6,9-12,18H2/t17-/m0/s1. The first-order valence-corrected chi connectivity index (χ1v) is 8.06. The third kappa shape index (κ3) is 3.33. The zero-order valence-corrected chi connectivity index (χ0v) is 12.3. The van der Waals surface area contributed by atoms with Crippen molar-refractivity contribution in [1.29, 1.82) is 0 Å². The van der Waals surface area contributed by atoms with Crippen molar-refractivity contribution < 1.29 is 4.74 Å². The fourth-order valence-corrected chi connectivity index (χ4v) is 3.38. The van der Waals surface area contributed by atoms with E-state index in [1.165, 1.54) is 49.9 Å². The van der Waals surface area contributed by atoms with Crippen LogP contribution < -0.4 is 10.5 Å². The highest BCUT2D eigenvalue weighted by atomic mass is 16.5. The quantitative estimate of drug-likeness (QED) is 0.917. The molecule has 1 atom stereocenters. The highest BCUT2D eigenvalue weighted by Gasteiger charge is 2.17. The molecule has 3 rings (SSSR count). The van der Waals surface area contributed by atoms with E-state index in [2.05, 4.69) is 23.1 Å². The van der Waals surface area contributed by atoms with Crippen LogP contribution in [-0.2, 0) is 6.42 Å². The zero-order valence-electron chi connectivity index (χ0n) is 12.3. The van der Waals surface area contributed by atoms with E-state index in [0.717, 1.165) is 31.7 Å². The molecule has 1 aromatic rings. The Hall–Kier alpha value is -1.06. The first-order chi connectivity index (χ1) is 9.83. The van der Waals surface area contributed by atoms with E-state index in [4.69, 9.17) is 10.5 Å². The minimum absolute atomic E-state index is 0.199. The molecule has 110 valence electrons. The predicted octanol–water partition coefficient (Wildman–Crippen LogP) is 2.89. The van der Waals surface area contributed by atoms with E-state index in [0.29, 0.717) is 0 Å². The van der Waals surface area contributed by atoms with E-state index in [-0.39, 0.29) is 6.04 Å². The van der Waals surface area contributed by atoms with Gasteiger partial charge in [0.15, 0.2) is 0 Å². The number of nitrogens with two attached hydrogens (primary N) is 1. The number of fused-ring (bicyclic) bond motifs is 1. The van der Waals surface area contributed by atoms with Gasteiger partial charge in [0.2, 0.25) is 0 Å². The number of aryl methyl sites for hydroxylation is 1. The smallest absolute Gasteiger partial charge is 0.119 e. The highest BCUT2D eigenvalue weighted by molar-refractivity contribution is 5.39. The van der Waals surface area contributed by atoms with E-state index in [9.17, 15) is 0 Å². The third-order valence-electron chi connectivity index (χ3n) is 4.60. The third-order valence-corrected chi connectivity index (χ3v) is 4.60. The van der Waals surface area contributed by atoms with Crippen molar-refractivity contribution in [2.24, 2.45) is 5.73 Å². The molecule has 1 aliphatic heterocycles. The Bertz CT molecular complexity index is 441. The number of hydrogen-bond donors (Lipinski definition) is 1. The average Bonchev–Trinajstić information content (AvgIpc) is 2.49. The van der Waals surface area contributed by atoms with Crippen LogP contribution in [0.25, 0.3) is 0 Å². The Morgan fingerprint density at radius 2 is 2.00 bits per heavy atom. The van der Waals surface area contributed by atoms with Gasteiger partial charge in [0.05, 0.1) is 0 Å². The Morgan fingerprint density at radius 1 is 1.15 bits per heavy atom. The average molecular weight is 274 g/mol. The molecule has 3 heteroatoms. The predicted molar refractivity (Wildman–Crippen MR) is 82.1 cm³/mol. The molecule has 0 amide bonds. The van der Waals surface area contributed by atoms with Gasteiger partial charge in [-0.1, -0.05) is 12.5 Å². The number of hydrogen-bond acceptors (Lipinski definition) is 3. The maximum absolute atomic E-state index is 6.20. The van der Waals surface area contributed by atoms with Gasteiger partial charge in [-0.25, -0.2) is 0 Å². The van der Waals surface area contributed by atoms with E-state index in [1.54, 1.807) is 0 Å². The number of benzene rings is 1. The Kier molecular flexibility index (Phi) is 4.58. The first-order valence-electron chi connectivity index (χ1n) is 8.06. The lowest BCUT2D eigenvalue weighted by molar-refractivity contribution is 0.183. The molecule has 1 heterocycles. The fraction of sp³-hybridized carbons (Fsp3) is 0.647. The normalized spacial score (nSPS) is 23.4. The SMILES string of the molecule is N[C@H]1CCCc2ccc(OCCN3CCCCC3)cc21. The van der Waals surface area contributed by atoms with Gasteiger partial charge in [-0.05, 0) is 68.5 Å². The van der Waals surface area contributed by atoms with E-state index < -0.39 is 0 Å². The molecule has 1 saturated heterocycles. The number of ether oxygens (including phenoxy) is 1. The van der Waals surface area contributed by atoms with Crippen LogP contribution in [0.2, 0.25) is 0 Å². The molecule has 3 nitrogen and oxygen atoms in total. The second kappa shape index (κ2) is 6.59. The minimum atomic E-state index is 0.199. The summed E-state index contributed by atoms with van der Waals surface area (Å²) in [5.74, 6) is 0.984. The lowest BCUT2D eigenvalue weighted by atomic mass is 9.88. The molecule has 0 aromatic heterocycles. The van der Waals surface area contributed by atoms with Crippen LogP contribution in [0.1, 0.15) is 49.3 Å².